The van der Waals surface area contributed by atoms with Crippen molar-refractivity contribution in [3.05, 3.63) is 131 Å². The van der Waals surface area contributed by atoms with E-state index < -0.39 is 29.6 Å². The number of amides is 2. The summed E-state index contributed by atoms with van der Waals surface area (Å²) in [5.74, 6) is -1.67. The fraction of sp³-hybridized carbons (Fsp3) is 0.289. The summed E-state index contributed by atoms with van der Waals surface area (Å²) >= 11 is 0. The van der Waals surface area contributed by atoms with Crippen molar-refractivity contribution in [2.45, 2.75) is 43.4 Å². The lowest BCUT2D eigenvalue weighted by atomic mass is 9.92. The first kappa shape index (κ1) is 32.0. The smallest absolute Gasteiger partial charge is 0.407 e. The van der Waals surface area contributed by atoms with Crippen LogP contribution in [0.15, 0.2) is 109 Å². The number of alkyl carbamates (subject to hydrolysis) is 1. The van der Waals surface area contributed by atoms with Gasteiger partial charge in [0.2, 0.25) is 5.91 Å². The van der Waals surface area contributed by atoms with Crippen LogP contribution in [0.3, 0.4) is 0 Å². The summed E-state index contributed by atoms with van der Waals surface area (Å²) in [6.07, 6.45) is -1.13. The maximum atomic E-state index is 13.6. The van der Waals surface area contributed by atoms with Crippen LogP contribution >= 0.6 is 0 Å². The van der Waals surface area contributed by atoms with Gasteiger partial charge in [0, 0.05) is 32.0 Å². The lowest BCUT2D eigenvalue weighted by Gasteiger charge is -2.50. The summed E-state index contributed by atoms with van der Waals surface area (Å²) in [6, 6.07) is 35.3. The zero-order valence-corrected chi connectivity index (χ0v) is 26.1. The lowest BCUT2D eigenvalue weighted by Crippen LogP contribution is -2.67. The van der Waals surface area contributed by atoms with Crippen molar-refractivity contribution in [3.8, 4) is 11.1 Å². The standard InChI is InChI=1S/C38H39N3O6/c42-35(43)20-19-34(40-37(45)47-23-33-31-17-9-7-15-29(31)30-16-8-10-18-32(30)33)36(44)39-24-38(25-46-26-38)41(21-27-11-3-1-4-12-27)22-28-13-5-2-6-14-28/h1-18,33-34H,19-26H2,(H,39,44)(H,40,45)(H,42,43). The molecule has 1 aliphatic heterocycles. The van der Waals surface area contributed by atoms with Crippen LogP contribution in [-0.2, 0) is 32.2 Å². The van der Waals surface area contributed by atoms with Crippen molar-refractivity contribution in [3.63, 3.8) is 0 Å². The van der Waals surface area contributed by atoms with Gasteiger partial charge < -0.3 is 25.2 Å². The highest BCUT2D eigenvalue weighted by molar-refractivity contribution is 5.86. The first-order valence-electron chi connectivity index (χ1n) is 15.9. The van der Waals surface area contributed by atoms with Gasteiger partial charge in [-0.3, -0.25) is 14.5 Å². The highest BCUT2D eigenvalue weighted by Gasteiger charge is 2.45. The number of carboxylic acids is 1. The van der Waals surface area contributed by atoms with Crippen molar-refractivity contribution in [2.75, 3.05) is 26.4 Å². The molecule has 6 rings (SSSR count). The fourth-order valence-electron chi connectivity index (χ4n) is 6.43. The molecule has 0 spiro atoms. The zero-order valence-electron chi connectivity index (χ0n) is 26.1. The van der Waals surface area contributed by atoms with E-state index in [1.807, 2.05) is 72.8 Å². The summed E-state index contributed by atoms with van der Waals surface area (Å²) in [6.45, 7) is 2.49. The molecule has 2 aliphatic rings. The Morgan fingerprint density at radius 1 is 0.809 bits per heavy atom. The van der Waals surface area contributed by atoms with Crippen LogP contribution in [0.25, 0.3) is 11.1 Å². The average molecular weight is 634 g/mol. The number of hydrogen-bond acceptors (Lipinski definition) is 6. The Kier molecular flexibility index (Phi) is 9.94. The second-order valence-corrected chi connectivity index (χ2v) is 12.2. The Labute approximate surface area is 274 Å². The zero-order chi connectivity index (χ0) is 32.6. The summed E-state index contributed by atoms with van der Waals surface area (Å²) in [7, 11) is 0. The third-order valence-electron chi connectivity index (χ3n) is 9.04. The van der Waals surface area contributed by atoms with E-state index in [0.29, 0.717) is 26.3 Å². The third kappa shape index (κ3) is 7.53. The van der Waals surface area contributed by atoms with E-state index in [4.69, 9.17) is 9.47 Å². The molecule has 0 saturated carbocycles. The molecule has 1 atom stereocenters. The van der Waals surface area contributed by atoms with Gasteiger partial charge in [-0.25, -0.2) is 4.79 Å². The Morgan fingerprint density at radius 2 is 1.34 bits per heavy atom. The van der Waals surface area contributed by atoms with E-state index in [1.54, 1.807) is 0 Å². The molecule has 1 heterocycles. The van der Waals surface area contributed by atoms with Crippen molar-refractivity contribution in [1.82, 2.24) is 15.5 Å². The van der Waals surface area contributed by atoms with E-state index in [-0.39, 0.29) is 31.9 Å². The Balaban J connectivity index is 1.12. The number of nitrogens with zero attached hydrogens (tertiary/aromatic N) is 1. The predicted octanol–water partition coefficient (Wildman–Crippen LogP) is 5.35. The first-order chi connectivity index (χ1) is 22.9. The van der Waals surface area contributed by atoms with Gasteiger partial charge in [-0.05, 0) is 39.8 Å². The second kappa shape index (κ2) is 14.6. The summed E-state index contributed by atoms with van der Waals surface area (Å²) in [4.78, 5) is 40.4. The summed E-state index contributed by atoms with van der Waals surface area (Å²) in [5.41, 5.74) is 6.16. The van der Waals surface area contributed by atoms with Gasteiger partial charge in [0.15, 0.2) is 0 Å². The highest BCUT2D eigenvalue weighted by atomic mass is 16.5. The minimum atomic E-state index is -1.09. The van der Waals surface area contributed by atoms with Gasteiger partial charge in [-0.15, -0.1) is 0 Å². The molecule has 0 bridgehead atoms. The molecule has 1 saturated heterocycles. The van der Waals surface area contributed by atoms with E-state index in [2.05, 4.69) is 51.9 Å². The molecule has 4 aromatic rings. The summed E-state index contributed by atoms with van der Waals surface area (Å²) in [5, 5.41) is 15.0. The van der Waals surface area contributed by atoms with Crippen LogP contribution < -0.4 is 10.6 Å². The molecule has 9 heteroatoms. The van der Waals surface area contributed by atoms with Gasteiger partial charge in [-0.2, -0.15) is 0 Å². The molecular formula is C38H39N3O6. The molecule has 9 nitrogen and oxygen atoms in total. The average Bonchev–Trinajstić information content (AvgIpc) is 3.39. The Morgan fingerprint density at radius 3 is 1.85 bits per heavy atom. The van der Waals surface area contributed by atoms with Crippen LogP contribution in [0, 0.1) is 0 Å². The molecule has 47 heavy (non-hydrogen) atoms. The van der Waals surface area contributed by atoms with Gasteiger partial charge in [0.1, 0.15) is 12.6 Å². The van der Waals surface area contributed by atoms with Crippen LogP contribution in [0.2, 0.25) is 0 Å². The number of fused-ring (bicyclic) bond motifs is 3. The molecule has 3 N–H and O–H groups in total. The Bertz CT molecular complexity index is 1610. The number of rotatable bonds is 14. The van der Waals surface area contributed by atoms with Crippen molar-refractivity contribution < 1.29 is 29.0 Å². The van der Waals surface area contributed by atoms with Crippen LogP contribution in [0.5, 0.6) is 0 Å². The highest BCUT2D eigenvalue weighted by Crippen LogP contribution is 2.44. The van der Waals surface area contributed by atoms with Crippen molar-refractivity contribution in [2.24, 2.45) is 0 Å². The Hall–Kier alpha value is -4.99. The lowest BCUT2D eigenvalue weighted by molar-refractivity contribution is -0.150. The fourth-order valence-corrected chi connectivity index (χ4v) is 6.43. The van der Waals surface area contributed by atoms with Gasteiger partial charge in [0.25, 0.3) is 0 Å². The van der Waals surface area contributed by atoms with E-state index in [0.717, 1.165) is 33.4 Å². The number of nitrogens with one attached hydrogen (secondary N) is 2. The molecule has 2 amide bonds. The van der Waals surface area contributed by atoms with Gasteiger partial charge in [-0.1, -0.05) is 109 Å². The molecule has 1 fully saturated rings. The van der Waals surface area contributed by atoms with Crippen molar-refractivity contribution in [1.29, 1.82) is 0 Å². The number of benzene rings is 4. The molecule has 0 aromatic heterocycles. The van der Waals surface area contributed by atoms with E-state index >= 15 is 0 Å². The van der Waals surface area contributed by atoms with Gasteiger partial charge >= 0.3 is 12.1 Å². The topological polar surface area (TPSA) is 117 Å². The monoisotopic (exact) mass is 633 g/mol. The maximum Gasteiger partial charge on any atom is 0.407 e. The minimum absolute atomic E-state index is 0.0768. The molecule has 1 unspecified atom stereocenters. The van der Waals surface area contributed by atoms with Crippen LogP contribution in [0.4, 0.5) is 4.79 Å². The number of carbonyl (C=O) groups is 3. The van der Waals surface area contributed by atoms with E-state index in [9.17, 15) is 19.5 Å². The predicted molar refractivity (Wildman–Crippen MR) is 178 cm³/mol. The van der Waals surface area contributed by atoms with Crippen LogP contribution in [-0.4, -0.2) is 65.9 Å². The minimum Gasteiger partial charge on any atom is -0.481 e. The third-order valence-corrected chi connectivity index (χ3v) is 9.04. The van der Waals surface area contributed by atoms with E-state index in [1.165, 1.54) is 0 Å². The SMILES string of the molecule is O=C(O)CCC(NC(=O)OCC1c2ccccc2-c2ccccc21)C(=O)NCC1(N(Cc2ccccc2)Cc2ccccc2)COC1. The molecule has 0 radical (unpaired) electrons. The molecule has 4 aromatic carbocycles. The number of aliphatic carboxylic acids is 1. The molecular weight excluding hydrogens is 594 g/mol. The maximum absolute atomic E-state index is 13.6. The van der Waals surface area contributed by atoms with Gasteiger partial charge in [0.05, 0.1) is 18.8 Å². The molecule has 242 valence electrons. The van der Waals surface area contributed by atoms with Crippen LogP contribution in [0.1, 0.15) is 41.0 Å². The normalized spacial score (nSPS) is 15.2. The quantitative estimate of drug-likeness (QED) is 0.172. The number of carbonyl (C=O) groups excluding carboxylic acids is 2. The largest absolute Gasteiger partial charge is 0.481 e. The molecule has 1 aliphatic carbocycles. The summed E-state index contributed by atoms with van der Waals surface area (Å²) < 4.78 is 11.4. The number of hydrogen-bond donors (Lipinski definition) is 3. The first-order valence-corrected chi connectivity index (χ1v) is 15.9. The number of ether oxygens (including phenoxy) is 2. The van der Waals surface area contributed by atoms with Crippen molar-refractivity contribution >= 4 is 18.0 Å². The number of carboxylic acid groups (broad SMARTS) is 1. The second-order valence-electron chi connectivity index (χ2n) is 12.2.